The van der Waals surface area contributed by atoms with Gasteiger partial charge in [0.1, 0.15) is 11.3 Å². The van der Waals surface area contributed by atoms with E-state index < -0.39 is 5.91 Å². The van der Waals surface area contributed by atoms with Crippen molar-refractivity contribution >= 4 is 22.6 Å². The summed E-state index contributed by atoms with van der Waals surface area (Å²) in [6.45, 7) is 0. The van der Waals surface area contributed by atoms with Crippen LogP contribution in [0.2, 0.25) is 0 Å². The van der Waals surface area contributed by atoms with Gasteiger partial charge in [0.05, 0.1) is 0 Å². The van der Waals surface area contributed by atoms with Gasteiger partial charge >= 0.3 is 0 Å². The molecule has 2 aromatic heterocycles. The first-order chi connectivity index (χ1) is 9.70. The fraction of sp³-hybridized carbons (Fsp3) is 0.0667. The molecule has 100 valence electrons. The highest BCUT2D eigenvalue weighted by Gasteiger charge is 2.17. The van der Waals surface area contributed by atoms with Crippen LogP contribution in [0.3, 0.4) is 0 Å². The molecule has 0 unspecified atom stereocenters. The van der Waals surface area contributed by atoms with Crippen molar-refractivity contribution in [3.63, 3.8) is 0 Å². The third-order valence-electron chi connectivity index (χ3n) is 3.28. The van der Waals surface area contributed by atoms with Crippen LogP contribution in [0.4, 0.5) is 5.69 Å². The maximum atomic E-state index is 11.6. The van der Waals surface area contributed by atoms with Crippen molar-refractivity contribution in [1.82, 2.24) is 9.97 Å². The predicted molar refractivity (Wildman–Crippen MR) is 79.6 cm³/mol. The molecule has 0 saturated carbocycles. The van der Waals surface area contributed by atoms with E-state index in [0.717, 1.165) is 22.2 Å². The number of nitrogens with one attached hydrogen (secondary N) is 2. The zero-order valence-electron chi connectivity index (χ0n) is 11.0. The molecule has 0 fully saturated rings. The van der Waals surface area contributed by atoms with Gasteiger partial charge in [-0.2, -0.15) is 0 Å². The molecule has 2 heterocycles. The normalized spacial score (nSPS) is 10.7. The van der Waals surface area contributed by atoms with E-state index in [2.05, 4.69) is 15.3 Å². The van der Waals surface area contributed by atoms with Crippen LogP contribution >= 0.6 is 0 Å². The average molecular weight is 266 g/mol. The second-order valence-corrected chi connectivity index (χ2v) is 4.47. The van der Waals surface area contributed by atoms with E-state index in [-0.39, 0.29) is 0 Å². The highest BCUT2D eigenvalue weighted by molar-refractivity contribution is 6.08. The number of carbonyl (C=O) groups excluding carboxylic acids is 1. The lowest BCUT2D eigenvalue weighted by Crippen LogP contribution is -2.12. The molecule has 0 saturated heterocycles. The average Bonchev–Trinajstić information content (AvgIpc) is 2.87. The summed E-state index contributed by atoms with van der Waals surface area (Å²) in [5.74, 6) is -0.490. The van der Waals surface area contributed by atoms with Gasteiger partial charge in [0.15, 0.2) is 0 Å². The Morgan fingerprint density at radius 1 is 1.25 bits per heavy atom. The van der Waals surface area contributed by atoms with Gasteiger partial charge in [-0.3, -0.25) is 4.79 Å². The zero-order valence-corrected chi connectivity index (χ0v) is 11.0. The van der Waals surface area contributed by atoms with E-state index in [1.807, 2.05) is 43.4 Å². The van der Waals surface area contributed by atoms with E-state index in [4.69, 9.17) is 5.73 Å². The highest BCUT2D eigenvalue weighted by Crippen LogP contribution is 2.32. The number of fused-ring (bicyclic) bond motifs is 1. The Balaban J connectivity index is 2.27. The van der Waals surface area contributed by atoms with Gasteiger partial charge in [0.2, 0.25) is 0 Å². The van der Waals surface area contributed by atoms with Crippen LogP contribution in [0.15, 0.2) is 42.6 Å². The summed E-state index contributed by atoms with van der Waals surface area (Å²) in [5, 5.41) is 3.95. The van der Waals surface area contributed by atoms with E-state index >= 15 is 0 Å². The molecule has 0 spiro atoms. The van der Waals surface area contributed by atoms with Crippen molar-refractivity contribution < 1.29 is 4.79 Å². The van der Waals surface area contributed by atoms with Crippen LogP contribution in [0.5, 0.6) is 0 Å². The molecule has 1 aromatic carbocycles. The van der Waals surface area contributed by atoms with Gasteiger partial charge in [0.25, 0.3) is 5.91 Å². The number of nitrogens with zero attached hydrogens (tertiary/aromatic N) is 1. The summed E-state index contributed by atoms with van der Waals surface area (Å²) in [7, 11) is 1.86. The first-order valence-electron chi connectivity index (χ1n) is 6.25. The van der Waals surface area contributed by atoms with Crippen LogP contribution in [0.25, 0.3) is 22.2 Å². The molecule has 0 atom stereocenters. The number of hydrogen-bond donors (Lipinski definition) is 3. The van der Waals surface area contributed by atoms with E-state index in [9.17, 15) is 4.79 Å². The van der Waals surface area contributed by atoms with Crippen LogP contribution < -0.4 is 11.1 Å². The van der Waals surface area contributed by atoms with E-state index in [1.165, 1.54) is 0 Å². The van der Waals surface area contributed by atoms with Gasteiger partial charge < -0.3 is 16.0 Å². The molecule has 0 aliphatic heterocycles. The lowest BCUT2D eigenvalue weighted by molar-refractivity contribution is 0.0997. The number of anilines is 1. The molecule has 20 heavy (non-hydrogen) atoms. The third-order valence-corrected chi connectivity index (χ3v) is 3.28. The maximum Gasteiger partial charge on any atom is 0.265 e. The number of rotatable bonds is 3. The Hall–Kier alpha value is -2.82. The number of pyridine rings is 1. The predicted octanol–water partition coefficient (Wildman–Crippen LogP) is 2.37. The number of aromatic nitrogens is 2. The number of primary amides is 1. The number of benzene rings is 1. The monoisotopic (exact) mass is 266 g/mol. The van der Waals surface area contributed by atoms with Crippen LogP contribution in [0, 0.1) is 0 Å². The SMILES string of the molecule is CNc1ccc(-c2c(C(N)=O)[nH]c3ncccc23)cc1. The van der Waals surface area contributed by atoms with Crippen LogP contribution in [-0.2, 0) is 0 Å². The fourth-order valence-corrected chi connectivity index (χ4v) is 2.31. The minimum absolute atomic E-state index is 0.385. The number of aromatic amines is 1. The summed E-state index contributed by atoms with van der Waals surface area (Å²) >= 11 is 0. The Morgan fingerprint density at radius 2 is 2.00 bits per heavy atom. The van der Waals surface area contributed by atoms with E-state index in [0.29, 0.717) is 11.3 Å². The number of nitrogens with two attached hydrogens (primary N) is 1. The highest BCUT2D eigenvalue weighted by atomic mass is 16.1. The minimum atomic E-state index is -0.490. The first kappa shape index (κ1) is 12.2. The molecule has 0 bridgehead atoms. The van der Waals surface area contributed by atoms with Crippen LogP contribution in [-0.4, -0.2) is 22.9 Å². The quantitative estimate of drug-likeness (QED) is 0.680. The molecule has 3 aromatic rings. The molecular formula is C15H14N4O. The van der Waals surface area contributed by atoms with Gasteiger partial charge in [-0.15, -0.1) is 0 Å². The summed E-state index contributed by atoms with van der Waals surface area (Å²) in [6, 6.07) is 11.6. The van der Waals surface area contributed by atoms with Gasteiger partial charge in [0, 0.05) is 29.9 Å². The summed E-state index contributed by atoms with van der Waals surface area (Å²) in [6.07, 6.45) is 1.68. The first-order valence-corrected chi connectivity index (χ1v) is 6.25. The Morgan fingerprint density at radius 3 is 2.65 bits per heavy atom. The standard InChI is InChI=1S/C15H14N4O/c1-17-10-6-4-9(5-7-10)12-11-3-2-8-18-15(11)19-13(12)14(16)20/h2-8,17H,1H3,(H2,16,20)(H,18,19). The molecular weight excluding hydrogens is 252 g/mol. The zero-order chi connectivity index (χ0) is 14.1. The Kier molecular flexibility index (Phi) is 2.87. The van der Waals surface area contributed by atoms with Crippen molar-refractivity contribution in [3.8, 4) is 11.1 Å². The third kappa shape index (κ3) is 1.89. The smallest absolute Gasteiger partial charge is 0.265 e. The minimum Gasteiger partial charge on any atom is -0.388 e. The largest absolute Gasteiger partial charge is 0.388 e. The van der Waals surface area contributed by atoms with Crippen molar-refractivity contribution in [2.75, 3.05) is 12.4 Å². The summed E-state index contributed by atoms with van der Waals surface area (Å²) in [4.78, 5) is 18.9. The van der Waals surface area contributed by atoms with Gasteiger partial charge in [-0.1, -0.05) is 12.1 Å². The molecule has 1 amide bonds. The topological polar surface area (TPSA) is 83.8 Å². The van der Waals surface area contributed by atoms with Gasteiger partial charge in [-0.05, 0) is 29.8 Å². The lowest BCUT2D eigenvalue weighted by Gasteiger charge is -2.04. The number of H-pyrrole nitrogens is 1. The fourth-order valence-electron chi connectivity index (χ4n) is 2.31. The maximum absolute atomic E-state index is 11.6. The van der Waals surface area contributed by atoms with Crippen molar-refractivity contribution in [2.45, 2.75) is 0 Å². The number of amides is 1. The van der Waals surface area contributed by atoms with Crippen molar-refractivity contribution in [2.24, 2.45) is 5.73 Å². The Bertz CT molecular complexity index is 774. The lowest BCUT2D eigenvalue weighted by atomic mass is 10.0. The van der Waals surface area contributed by atoms with Crippen LogP contribution in [0.1, 0.15) is 10.5 Å². The summed E-state index contributed by atoms with van der Waals surface area (Å²) in [5.41, 5.74) is 9.24. The number of hydrogen-bond acceptors (Lipinski definition) is 3. The van der Waals surface area contributed by atoms with Gasteiger partial charge in [-0.25, -0.2) is 4.98 Å². The molecule has 3 rings (SSSR count). The summed E-state index contributed by atoms with van der Waals surface area (Å²) < 4.78 is 0. The Labute approximate surface area is 115 Å². The molecule has 0 aliphatic carbocycles. The molecule has 0 aliphatic rings. The molecule has 5 nitrogen and oxygen atoms in total. The second-order valence-electron chi connectivity index (χ2n) is 4.47. The number of carbonyl (C=O) groups is 1. The van der Waals surface area contributed by atoms with E-state index in [1.54, 1.807) is 6.20 Å². The second kappa shape index (κ2) is 4.70. The molecule has 0 radical (unpaired) electrons. The van der Waals surface area contributed by atoms with Crippen molar-refractivity contribution in [1.29, 1.82) is 0 Å². The van der Waals surface area contributed by atoms with Crippen molar-refractivity contribution in [3.05, 3.63) is 48.3 Å². The molecule has 5 heteroatoms. The molecule has 4 N–H and O–H groups in total.